The van der Waals surface area contributed by atoms with E-state index in [1.54, 1.807) is 0 Å². The summed E-state index contributed by atoms with van der Waals surface area (Å²) in [4.78, 5) is 24.6. The lowest BCUT2D eigenvalue weighted by Crippen LogP contribution is -2.47. The summed E-state index contributed by atoms with van der Waals surface area (Å²) in [6, 6.07) is 3.89. The quantitative estimate of drug-likeness (QED) is 0.791. The van der Waals surface area contributed by atoms with Crippen LogP contribution >= 0.6 is 0 Å². The van der Waals surface area contributed by atoms with Crippen LogP contribution in [0.5, 0.6) is 5.88 Å². The van der Waals surface area contributed by atoms with Crippen LogP contribution in [0.1, 0.15) is 28.9 Å². The van der Waals surface area contributed by atoms with Crippen molar-refractivity contribution in [3.05, 3.63) is 47.7 Å². The molecule has 2 aromatic rings. The van der Waals surface area contributed by atoms with Crippen LogP contribution in [0, 0.1) is 11.7 Å². The number of rotatable bonds is 5. The molecule has 1 aromatic carbocycles. The Bertz CT molecular complexity index is 965. The first-order chi connectivity index (χ1) is 13.9. The van der Waals surface area contributed by atoms with Crippen LogP contribution in [-0.2, 0) is 10.3 Å². The van der Waals surface area contributed by atoms with Gasteiger partial charge in [0.05, 0.1) is 19.5 Å². The molecule has 1 aliphatic heterocycles. The van der Waals surface area contributed by atoms with Crippen LogP contribution in [-0.4, -0.2) is 41.8 Å². The molecule has 3 N–H and O–H groups in total. The van der Waals surface area contributed by atoms with E-state index in [2.05, 4.69) is 20.3 Å². The number of amidine groups is 1. The molecule has 0 bridgehead atoms. The molecule has 1 amide bonds. The van der Waals surface area contributed by atoms with Gasteiger partial charge in [0.25, 0.3) is 5.91 Å². The van der Waals surface area contributed by atoms with E-state index >= 15 is 0 Å². The van der Waals surface area contributed by atoms with Crippen molar-refractivity contribution in [1.29, 1.82) is 0 Å². The first-order valence-corrected chi connectivity index (χ1v) is 9.01. The Morgan fingerprint density at radius 3 is 2.79 bits per heavy atom. The number of aromatic nitrogens is 2. The number of carbonyl (C=O) groups excluding carboxylic acids is 1. The Balaban J connectivity index is 1.67. The summed E-state index contributed by atoms with van der Waals surface area (Å²) in [5, 5.41) is 2.61. The molecular weight excluding hydrogens is 384 g/mol. The van der Waals surface area contributed by atoms with E-state index in [1.165, 1.54) is 31.6 Å². The fourth-order valence-corrected chi connectivity index (χ4v) is 3.45. The Kier molecular flexibility index (Phi) is 4.87. The van der Waals surface area contributed by atoms with E-state index in [9.17, 15) is 13.6 Å². The Labute approximate surface area is 165 Å². The standard InChI is InChI=1S/C19H19F2N5O3/c1-28-16-8-23-14(7-24-16)17(27)25-11-4-5-13(20)12(6-11)19(10-2-3-10)18(21)29-9-15(22)26-19/h4-8,10,18H,2-3,9H2,1H3,(H2,22,26)(H,25,27)/t18-,19+/m0/s1. The zero-order valence-corrected chi connectivity index (χ0v) is 15.6. The third kappa shape index (κ3) is 3.51. The van der Waals surface area contributed by atoms with Gasteiger partial charge in [-0.1, -0.05) is 0 Å². The van der Waals surface area contributed by atoms with Crippen LogP contribution in [0.3, 0.4) is 0 Å². The molecule has 29 heavy (non-hydrogen) atoms. The Morgan fingerprint density at radius 1 is 1.34 bits per heavy atom. The number of amides is 1. The number of nitrogens with zero attached hydrogens (tertiary/aromatic N) is 3. The number of hydrogen-bond acceptors (Lipinski definition) is 7. The SMILES string of the molecule is COc1cnc(C(=O)Nc2ccc(F)c([C@@]3(C4CC4)N=C(N)CO[C@@H]3F)c2)cn1. The van der Waals surface area contributed by atoms with E-state index in [4.69, 9.17) is 15.2 Å². The molecule has 0 saturated heterocycles. The molecule has 2 atom stereocenters. The minimum Gasteiger partial charge on any atom is -0.480 e. The van der Waals surface area contributed by atoms with Crippen LogP contribution in [0.15, 0.2) is 35.6 Å². The molecule has 0 unspecified atom stereocenters. The van der Waals surface area contributed by atoms with Gasteiger partial charge in [0, 0.05) is 11.3 Å². The minimum absolute atomic E-state index is 0.00577. The number of nitrogens with two attached hydrogens (primary N) is 1. The summed E-state index contributed by atoms with van der Waals surface area (Å²) in [7, 11) is 1.43. The molecule has 2 aliphatic rings. The number of ether oxygens (including phenoxy) is 2. The molecule has 0 spiro atoms. The number of nitrogens with one attached hydrogen (secondary N) is 1. The van der Waals surface area contributed by atoms with Gasteiger partial charge in [0.15, 0.2) is 0 Å². The maximum absolute atomic E-state index is 14.9. The van der Waals surface area contributed by atoms with E-state index in [0.29, 0.717) is 12.8 Å². The number of anilines is 1. The smallest absolute Gasteiger partial charge is 0.275 e. The zero-order chi connectivity index (χ0) is 20.6. The lowest BCUT2D eigenvalue weighted by Gasteiger charge is -2.37. The molecule has 1 saturated carbocycles. The number of benzene rings is 1. The maximum atomic E-state index is 14.9. The van der Waals surface area contributed by atoms with E-state index in [0.717, 1.165) is 6.07 Å². The monoisotopic (exact) mass is 403 g/mol. The fraction of sp³-hybridized carbons (Fsp3) is 0.368. The fourth-order valence-electron chi connectivity index (χ4n) is 3.45. The van der Waals surface area contributed by atoms with Crippen LogP contribution in [0.4, 0.5) is 14.5 Å². The predicted octanol–water partition coefficient (Wildman–Crippen LogP) is 2.16. The van der Waals surface area contributed by atoms with Crippen molar-refractivity contribution in [3.8, 4) is 5.88 Å². The number of methoxy groups -OCH3 is 1. The number of carbonyl (C=O) groups is 1. The van der Waals surface area contributed by atoms with Gasteiger partial charge in [-0.25, -0.2) is 18.7 Å². The highest BCUT2D eigenvalue weighted by molar-refractivity contribution is 6.02. The van der Waals surface area contributed by atoms with Gasteiger partial charge in [-0.2, -0.15) is 0 Å². The summed E-state index contributed by atoms with van der Waals surface area (Å²) < 4.78 is 39.7. The van der Waals surface area contributed by atoms with E-state index in [1.807, 2.05) is 0 Å². The average Bonchev–Trinajstić information content (AvgIpc) is 3.57. The van der Waals surface area contributed by atoms with Crippen molar-refractivity contribution in [2.45, 2.75) is 24.7 Å². The highest BCUT2D eigenvalue weighted by Crippen LogP contribution is 2.53. The van der Waals surface area contributed by atoms with Gasteiger partial charge < -0.3 is 20.5 Å². The van der Waals surface area contributed by atoms with Gasteiger partial charge in [-0.05, 0) is 37.0 Å². The molecule has 8 nitrogen and oxygen atoms in total. The number of alkyl halides is 1. The number of aliphatic imine (C=N–C) groups is 1. The molecule has 4 rings (SSSR count). The van der Waals surface area contributed by atoms with Crippen molar-refractivity contribution >= 4 is 17.4 Å². The Hall–Kier alpha value is -3.14. The third-order valence-corrected chi connectivity index (χ3v) is 4.98. The zero-order valence-electron chi connectivity index (χ0n) is 15.6. The largest absolute Gasteiger partial charge is 0.480 e. The summed E-state index contributed by atoms with van der Waals surface area (Å²) in [6.45, 7) is -0.149. The first-order valence-electron chi connectivity index (χ1n) is 9.01. The topological polar surface area (TPSA) is 112 Å². The van der Waals surface area contributed by atoms with E-state index < -0.39 is 23.6 Å². The molecule has 1 aliphatic carbocycles. The lowest BCUT2D eigenvalue weighted by atomic mass is 9.83. The predicted molar refractivity (Wildman–Crippen MR) is 99.8 cm³/mol. The van der Waals surface area contributed by atoms with Gasteiger partial charge in [0.1, 0.15) is 29.5 Å². The summed E-state index contributed by atoms with van der Waals surface area (Å²) in [5.74, 6) is -1.07. The van der Waals surface area contributed by atoms with Crippen LogP contribution in [0.2, 0.25) is 0 Å². The van der Waals surface area contributed by atoms with Gasteiger partial charge in [-0.15, -0.1) is 0 Å². The highest BCUT2D eigenvalue weighted by atomic mass is 19.1. The normalized spacial score (nSPS) is 24.0. The second-order valence-electron chi connectivity index (χ2n) is 6.92. The van der Waals surface area contributed by atoms with Crippen molar-refractivity contribution in [1.82, 2.24) is 9.97 Å². The summed E-state index contributed by atoms with van der Waals surface area (Å²) in [6.07, 6.45) is 2.07. The van der Waals surface area contributed by atoms with Crippen LogP contribution < -0.4 is 15.8 Å². The molecular formula is C19H19F2N5O3. The number of hydrogen-bond donors (Lipinski definition) is 2. The molecule has 0 radical (unpaired) electrons. The summed E-state index contributed by atoms with van der Waals surface area (Å²) >= 11 is 0. The molecule has 1 aromatic heterocycles. The highest BCUT2D eigenvalue weighted by Gasteiger charge is 2.56. The van der Waals surface area contributed by atoms with Crippen molar-refractivity contribution in [2.24, 2.45) is 16.6 Å². The maximum Gasteiger partial charge on any atom is 0.275 e. The van der Waals surface area contributed by atoms with Crippen LogP contribution in [0.25, 0.3) is 0 Å². The molecule has 152 valence electrons. The Morgan fingerprint density at radius 2 is 2.14 bits per heavy atom. The van der Waals surface area contributed by atoms with Gasteiger partial charge in [0.2, 0.25) is 12.2 Å². The number of halogens is 2. The van der Waals surface area contributed by atoms with E-state index in [-0.39, 0.29) is 41.2 Å². The lowest BCUT2D eigenvalue weighted by molar-refractivity contribution is -0.0940. The van der Waals surface area contributed by atoms with Crippen molar-refractivity contribution in [3.63, 3.8) is 0 Å². The summed E-state index contributed by atoms with van der Waals surface area (Å²) in [5.41, 5.74) is 4.52. The average molecular weight is 403 g/mol. The first kappa shape index (κ1) is 19.2. The second-order valence-corrected chi connectivity index (χ2v) is 6.92. The van der Waals surface area contributed by atoms with Crippen molar-refractivity contribution < 1.29 is 23.0 Å². The molecule has 10 heteroatoms. The van der Waals surface area contributed by atoms with Gasteiger partial charge in [-0.3, -0.25) is 9.79 Å². The third-order valence-electron chi connectivity index (χ3n) is 4.98. The molecule has 1 fully saturated rings. The molecule has 2 heterocycles. The van der Waals surface area contributed by atoms with Crippen molar-refractivity contribution in [2.75, 3.05) is 19.0 Å². The second kappa shape index (κ2) is 7.36. The van der Waals surface area contributed by atoms with Gasteiger partial charge >= 0.3 is 0 Å². The minimum atomic E-state index is -1.84.